The van der Waals surface area contributed by atoms with Crippen LogP contribution in [0.2, 0.25) is 0 Å². The van der Waals surface area contributed by atoms with Crippen LogP contribution in [0.5, 0.6) is 11.5 Å². The Kier molecular flexibility index (Phi) is 10.8. The first kappa shape index (κ1) is 32.0. The maximum absolute atomic E-state index is 12.8. The zero-order chi connectivity index (χ0) is 29.7. The second-order valence-corrected chi connectivity index (χ2v) is 13.2. The number of aromatic hydroxyl groups is 1. The Morgan fingerprint density at radius 1 is 0.825 bits per heavy atom. The van der Waals surface area contributed by atoms with Gasteiger partial charge in [-0.15, -0.1) is 0 Å². The van der Waals surface area contributed by atoms with Crippen LogP contribution in [-0.4, -0.2) is 28.4 Å². The number of carbonyl (C=O) groups excluding carboxylic acids is 2. The molecule has 0 aliphatic carbocycles. The monoisotopic (exact) mass is 556 g/mol. The van der Waals surface area contributed by atoms with E-state index >= 15 is 0 Å². The maximum Gasteiger partial charge on any atom is 0.333 e. The van der Waals surface area contributed by atoms with Gasteiger partial charge in [0, 0.05) is 11.6 Å². The van der Waals surface area contributed by atoms with Crippen molar-refractivity contribution in [1.29, 1.82) is 0 Å². The van der Waals surface area contributed by atoms with Crippen LogP contribution in [0.3, 0.4) is 0 Å². The second kappa shape index (κ2) is 13.4. The molecule has 2 heterocycles. The molecule has 2 aliphatic rings. The Bertz CT molecular complexity index is 1090. The van der Waals surface area contributed by atoms with Gasteiger partial charge in [-0.1, -0.05) is 78.7 Å². The Morgan fingerprint density at radius 2 is 1.43 bits per heavy atom. The zero-order valence-electron chi connectivity index (χ0n) is 26.2. The summed E-state index contributed by atoms with van der Waals surface area (Å²) < 4.78 is 18.6. The van der Waals surface area contributed by atoms with Crippen molar-refractivity contribution in [3.05, 3.63) is 34.4 Å². The molecule has 1 aromatic carbocycles. The lowest BCUT2D eigenvalue weighted by molar-refractivity contribution is -0.288. The molecule has 40 heavy (non-hydrogen) atoms. The molecule has 1 spiro atoms. The number of carbonyl (C=O) groups is 2. The molecule has 0 amide bonds. The molecule has 0 bridgehead atoms. The first-order valence-electron chi connectivity index (χ1n) is 15.4. The molecule has 3 rings (SSSR count). The van der Waals surface area contributed by atoms with Gasteiger partial charge >= 0.3 is 17.7 Å². The quantitative estimate of drug-likeness (QED) is 0.261. The number of hydrogen-bond donors (Lipinski definition) is 1. The fourth-order valence-electron chi connectivity index (χ4n) is 6.23. The minimum absolute atomic E-state index is 0.0100. The lowest BCUT2D eigenvalue weighted by atomic mass is 9.78. The topological polar surface area (TPSA) is 82.1 Å². The number of fused-ring (bicyclic) bond motifs is 1. The second-order valence-electron chi connectivity index (χ2n) is 13.2. The van der Waals surface area contributed by atoms with Gasteiger partial charge < -0.3 is 19.3 Å². The highest BCUT2D eigenvalue weighted by molar-refractivity contribution is 5.85. The van der Waals surface area contributed by atoms with Crippen LogP contribution in [0.4, 0.5) is 0 Å². The van der Waals surface area contributed by atoms with Gasteiger partial charge in [0.1, 0.15) is 11.5 Å². The molecule has 6 heteroatoms. The van der Waals surface area contributed by atoms with Crippen LogP contribution in [0.25, 0.3) is 0 Å². The van der Waals surface area contributed by atoms with Gasteiger partial charge in [0.2, 0.25) is 0 Å². The van der Waals surface area contributed by atoms with E-state index < -0.39 is 23.3 Å². The molecule has 1 unspecified atom stereocenters. The molecule has 1 N–H and O–H groups in total. The molecule has 0 saturated carbocycles. The number of esters is 2. The minimum Gasteiger partial charge on any atom is -0.507 e. The highest BCUT2D eigenvalue weighted by Crippen LogP contribution is 2.50. The van der Waals surface area contributed by atoms with Crippen molar-refractivity contribution in [2.75, 3.05) is 0 Å². The number of rotatable bonds is 12. The smallest absolute Gasteiger partial charge is 0.333 e. The fourth-order valence-corrected chi connectivity index (χ4v) is 6.23. The van der Waals surface area contributed by atoms with Gasteiger partial charge in [-0.3, -0.25) is 4.79 Å². The molecule has 0 saturated heterocycles. The summed E-state index contributed by atoms with van der Waals surface area (Å²) in [5.41, 5.74) is 1.88. The molecule has 6 nitrogen and oxygen atoms in total. The van der Waals surface area contributed by atoms with Crippen molar-refractivity contribution in [1.82, 2.24) is 0 Å². The van der Waals surface area contributed by atoms with Crippen molar-refractivity contribution in [3.63, 3.8) is 0 Å². The van der Waals surface area contributed by atoms with Crippen LogP contribution in [0, 0.1) is 38.5 Å². The lowest BCUT2D eigenvalue weighted by Gasteiger charge is -2.50. The summed E-state index contributed by atoms with van der Waals surface area (Å²) in [4.78, 5) is 25.5. The summed E-state index contributed by atoms with van der Waals surface area (Å²) in [7, 11) is 0. The third kappa shape index (κ3) is 7.41. The molecule has 1 aromatic rings. The van der Waals surface area contributed by atoms with Crippen molar-refractivity contribution in [3.8, 4) is 11.5 Å². The standard InChI is InChI=1S/C34H52O6/c1-22(2)13-9-14-23(3)15-10-16-24(4)17-12-20-33(8)34(38-29(35)18-11-19-30(36)39-34)21-28-27(7)31(37)25(5)26(6)32(28)40-33/h11,18,22-24,37H,9-10,12-17,19-21H2,1-8H3/b18-11-/t23-,24+,33-,34?/m0/s1. The van der Waals surface area contributed by atoms with E-state index in [0.717, 1.165) is 35.8 Å². The van der Waals surface area contributed by atoms with E-state index in [-0.39, 0.29) is 18.6 Å². The van der Waals surface area contributed by atoms with Crippen LogP contribution < -0.4 is 4.74 Å². The van der Waals surface area contributed by atoms with Crippen molar-refractivity contribution < 1.29 is 28.9 Å². The van der Waals surface area contributed by atoms with Gasteiger partial charge in [-0.2, -0.15) is 0 Å². The first-order valence-corrected chi connectivity index (χ1v) is 15.4. The van der Waals surface area contributed by atoms with Gasteiger partial charge in [0.25, 0.3) is 0 Å². The van der Waals surface area contributed by atoms with E-state index in [1.165, 1.54) is 50.7 Å². The minimum atomic E-state index is -1.62. The van der Waals surface area contributed by atoms with Crippen LogP contribution >= 0.6 is 0 Å². The molecule has 0 aromatic heterocycles. The summed E-state index contributed by atoms with van der Waals surface area (Å²) >= 11 is 0. The SMILES string of the molecule is Cc1c(C)c2c(c(C)c1O)CC1(OC(=O)/C=C\CC(=O)O1)[C@](C)(CCC[C@H](C)CCC[C@@H](C)CCCC(C)C)O2. The number of ether oxygens (including phenoxy) is 3. The van der Waals surface area contributed by atoms with Gasteiger partial charge in [-0.25, -0.2) is 4.79 Å². The molecule has 0 fully saturated rings. The molecule has 0 radical (unpaired) electrons. The van der Waals surface area contributed by atoms with E-state index in [9.17, 15) is 14.7 Å². The summed E-state index contributed by atoms with van der Waals surface area (Å²) in [6.45, 7) is 16.8. The van der Waals surface area contributed by atoms with Crippen molar-refractivity contribution in [2.24, 2.45) is 17.8 Å². The van der Waals surface area contributed by atoms with Crippen LogP contribution in [-0.2, 0) is 25.5 Å². The van der Waals surface area contributed by atoms with E-state index in [2.05, 4.69) is 27.7 Å². The highest BCUT2D eigenvalue weighted by Gasteiger charge is 2.60. The predicted molar refractivity (Wildman–Crippen MR) is 158 cm³/mol. The number of benzene rings is 1. The molecular formula is C34H52O6. The summed E-state index contributed by atoms with van der Waals surface area (Å²) in [6.07, 6.45) is 12.9. The Hall–Kier alpha value is -2.50. The number of phenolic OH excluding ortho intramolecular Hbond substituents is 1. The van der Waals surface area contributed by atoms with Gasteiger partial charge in [0.15, 0.2) is 5.60 Å². The largest absolute Gasteiger partial charge is 0.507 e. The summed E-state index contributed by atoms with van der Waals surface area (Å²) in [5.74, 6) is 0.336. The zero-order valence-corrected chi connectivity index (χ0v) is 26.2. The van der Waals surface area contributed by atoms with E-state index in [0.29, 0.717) is 29.2 Å². The Balaban J connectivity index is 1.73. The third-order valence-electron chi connectivity index (χ3n) is 9.19. The maximum atomic E-state index is 12.8. The fraction of sp³-hybridized carbons (Fsp3) is 0.706. The van der Waals surface area contributed by atoms with Crippen molar-refractivity contribution in [2.45, 2.75) is 137 Å². The average molecular weight is 557 g/mol. The van der Waals surface area contributed by atoms with E-state index in [1.807, 2.05) is 27.7 Å². The highest BCUT2D eigenvalue weighted by atomic mass is 16.8. The third-order valence-corrected chi connectivity index (χ3v) is 9.19. The number of phenols is 1. The lowest BCUT2D eigenvalue weighted by Crippen LogP contribution is -2.64. The van der Waals surface area contributed by atoms with E-state index in [1.54, 1.807) is 0 Å². The van der Waals surface area contributed by atoms with Crippen LogP contribution in [0.15, 0.2) is 12.2 Å². The summed E-state index contributed by atoms with van der Waals surface area (Å²) in [5, 5.41) is 10.8. The van der Waals surface area contributed by atoms with Crippen LogP contribution in [0.1, 0.15) is 121 Å². The van der Waals surface area contributed by atoms with Crippen molar-refractivity contribution >= 4 is 11.9 Å². The van der Waals surface area contributed by atoms with Gasteiger partial charge in [-0.05, 0) is 75.0 Å². The number of hydrogen-bond acceptors (Lipinski definition) is 6. The van der Waals surface area contributed by atoms with E-state index in [4.69, 9.17) is 14.2 Å². The first-order chi connectivity index (χ1) is 18.8. The summed E-state index contributed by atoms with van der Waals surface area (Å²) in [6, 6.07) is 0. The Morgan fingerprint density at radius 3 is 2.05 bits per heavy atom. The Labute approximate surface area is 241 Å². The average Bonchev–Trinajstić information content (AvgIpc) is 2.86. The van der Waals surface area contributed by atoms with Gasteiger partial charge in [0.05, 0.1) is 12.8 Å². The molecule has 2 aliphatic heterocycles. The predicted octanol–water partition coefficient (Wildman–Crippen LogP) is 8.19. The normalized spacial score (nSPS) is 24.9. The molecule has 224 valence electrons. The molecular weight excluding hydrogens is 504 g/mol. The molecule has 4 atom stereocenters.